The molecule has 0 aromatic heterocycles. The Balaban J connectivity index is 2.28. The van der Waals surface area contributed by atoms with E-state index in [1.807, 2.05) is 0 Å². The lowest BCUT2D eigenvalue weighted by molar-refractivity contribution is -0.312. The Kier molecular flexibility index (Phi) is 5.44. The van der Waals surface area contributed by atoms with E-state index in [1.54, 1.807) is 0 Å². The summed E-state index contributed by atoms with van der Waals surface area (Å²) in [6, 6.07) is 8.75. The van der Waals surface area contributed by atoms with E-state index in [0.717, 1.165) is 32.1 Å². The molecule has 1 aliphatic carbocycles. The highest BCUT2D eigenvalue weighted by atomic mass is 16.4. The fraction of sp³-hybridized carbons (Fsp3) is 0.632. The smallest absolute Gasteiger partial charge is 0.0445 e. The van der Waals surface area contributed by atoms with Crippen LogP contribution in [-0.4, -0.2) is 5.97 Å². The first-order valence-electron chi connectivity index (χ1n) is 8.42. The molecule has 1 aromatic rings. The lowest BCUT2D eigenvalue weighted by atomic mass is 9.63. The van der Waals surface area contributed by atoms with E-state index in [9.17, 15) is 9.90 Å². The number of benzene rings is 1. The molecule has 2 nitrogen and oxygen atoms in total. The zero-order valence-electron chi connectivity index (χ0n) is 13.4. The third kappa shape index (κ3) is 3.48. The van der Waals surface area contributed by atoms with E-state index in [4.69, 9.17) is 0 Å². The maximum atomic E-state index is 11.1. The van der Waals surface area contributed by atoms with Crippen LogP contribution < -0.4 is 5.11 Å². The highest BCUT2D eigenvalue weighted by Gasteiger charge is 2.37. The summed E-state index contributed by atoms with van der Waals surface area (Å²) in [5.74, 6) is -1.10. The third-order valence-corrected chi connectivity index (χ3v) is 5.25. The lowest BCUT2D eigenvalue weighted by Crippen LogP contribution is -2.39. The molecule has 0 amide bonds. The van der Waals surface area contributed by atoms with Gasteiger partial charge >= 0.3 is 0 Å². The molecule has 0 N–H and O–H groups in total. The van der Waals surface area contributed by atoms with Gasteiger partial charge in [0.2, 0.25) is 0 Å². The first-order chi connectivity index (χ1) is 10.1. The van der Waals surface area contributed by atoms with E-state index in [-0.39, 0.29) is 11.3 Å². The number of carbonyl (C=O) groups excluding carboxylic acids is 1. The molecule has 0 atom stereocenters. The molecule has 0 unspecified atom stereocenters. The summed E-state index contributed by atoms with van der Waals surface area (Å²) >= 11 is 0. The SMILES string of the molecule is CCCCC1(c2ccccc2CC)CCC(C(=O)[O-])CC1. The standard InChI is InChI=1S/C19H28O2/c1-3-5-12-19(13-10-16(11-14-19)18(20)21)17-9-7-6-8-15(17)4-2/h6-9,16H,3-5,10-14H2,1-2H3,(H,20,21)/p-1. The van der Waals surface area contributed by atoms with Gasteiger partial charge in [-0.25, -0.2) is 0 Å². The second kappa shape index (κ2) is 7.11. The van der Waals surface area contributed by atoms with Crippen LogP contribution in [0.1, 0.15) is 69.9 Å². The minimum Gasteiger partial charge on any atom is -0.550 e. The zero-order chi connectivity index (χ0) is 15.3. The molecule has 0 spiro atoms. The first kappa shape index (κ1) is 16.1. The summed E-state index contributed by atoms with van der Waals surface area (Å²) in [5.41, 5.74) is 3.09. The number of hydrogen-bond donors (Lipinski definition) is 0. The molecule has 21 heavy (non-hydrogen) atoms. The molecular formula is C19H27O2-. The molecule has 116 valence electrons. The van der Waals surface area contributed by atoms with Crippen molar-refractivity contribution >= 4 is 5.97 Å². The third-order valence-electron chi connectivity index (χ3n) is 5.25. The van der Waals surface area contributed by atoms with Crippen LogP contribution in [0.5, 0.6) is 0 Å². The number of aliphatic carboxylic acids is 1. The average molecular weight is 287 g/mol. The van der Waals surface area contributed by atoms with E-state index in [2.05, 4.69) is 38.1 Å². The average Bonchev–Trinajstić information content (AvgIpc) is 2.53. The summed E-state index contributed by atoms with van der Waals surface area (Å²) in [7, 11) is 0. The maximum absolute atomic E-state index is 11.1. The summed E-state index contributed by atoms with van der Waals surface area (Å²) < 4.78 is 0. The van der Waals surface area contributed by atoms with E-state index in [1.165, 1.54) is 30.4 Å². The van der Waals surface area contributed by atoms with E-state index in [0.29, 0.717) is 0 Å². The van der Waals surface area contributed by atoms with Gasteiger partial charge in [0.1, 0.15) is 0 Å². The van der Waals surface area contributed by atoms with Gasteiger partial charge in [0, 0.05) is 5.97 Å². The Morgan fingerprint density at radius 2 is 1.90 bits per heavy atom. The normalized spacial score (nSPS) is 25.7. The number of rotatable bonds is 6. The van der Waals surface area contributed by atoms with Crippen molar-refractivity contribution in [3.8, 4) is 0 Å². The number of unbranched alkanes of at least 4 members (excludes halogenated alkanes) is 1. The number of carbonyl (C=O) groups is 1. The van der Waals surface area contributed by atoms with Crippen LogP contribution in [0.4, 0.5) is 0 Å². The highest BCUT2D eigenvalue weighted by Crippen LogP contribution is 2.46. The van der Waals surface area contributed by atoms with Gasteiger partial charge in [-0.05, 0) is 61.0 Å². The van der Waals surface area contributed by atoms with Crippen LogP contribution in [0.15, 0.2) is 24.3 Å². The van der Waals surface area contributed by atoms with E-state index >= 15 is 0 Å². The fourth-order valence-electron chi connectivity index (χ4n) is 3.92. The van der Waals surface area contributed by atoms with Gasteiger partial charge in [-0.15, -0.1) is 0 Å². The predicted molar refractivity (Wildman–Crippen MR) is 84.0 cm³/mol. The molecule has 0 saturated heterocycles. The molecule has 1 saturated carbocycles. The van der Waals surface area contributed by atoms with Crippen LogP contribution in [0.2, 0.25) is 0 Å². The molecule has 1 aromatic carbocycles. The number of aryl methyl sites for hydroxylation is 1. The number of hydrogen-bond acceptors (Lipinski definition) is 2. The van der Waals surface area contributed by atoms with Crippen molar-refractivity contribution in [2.45, 2.75) is 70.6 Å². The fourth-order valence-corrected chi connectivity index (χ4v) is 3.92. The van der Waals surface area contributed by atoms with Gasteiger partial charge in [0.25, 0.3) is 0 Å². The second-order valence-electron chi connectivity index (χ2n) is 6.49. The minimum atomic E-state index is -0.858. The Morgan fingerprint density at radius 3 is 2.48 bits per heavy atom. The van der Waals surface area contributed by atoms with Crippen LogP contribution >= 0.6 is 0 Å². The summed E-state index contributed by atoms with van der Waals surface area (Å²) in [4.78, 5) is 11.1. The van der Waals surface area contributed by atoms with Crippen LogP contribution in [0, 0.1) is 5.92 Å². The lowest BCUT2D eigenvalue weighted by Gasteiger charge is -2.42. The first-order valence-corrected chi connectivity index (χ1v) is 8.42. The van der Waals surface area contributed by atoms with E-state index < -0.39 is 5.97 Å². The molecule has 1 fully saturated rings. The molecule has 0 aliphatic heterocycles. The zero-order valence-corrected chi connectivity index (χ0v) is 13.4. The van der Waals surface area contributed by atoms with Crippen molar-refractivity contribution < 1.29 is 9.90 Å². The van der Waals surface area contributed by atoms with Gasteiger partial charge in [-0.3, -0.25) is 0 Å². The second-order valence-corrected chi connectivity index (χ2v) is 6.49. The quantitative estimate of drug-likeness (QED) is 0.801. The molecular weight excluding hydrogens is 260 g/mol. The Bertz CT molecular complexity index is 470. The molecule has 0 heterocycles. The van der Waals surface area contributed by atoms with Crippen molar-refractivity contribution in [2.24, 2.45) is 5.92 Å². The molecule has 0 radical (unpaired) electrons. The van der Waals surface area contributed by atoms with Crippen molar-refractivity contribution in [1.29, 1.82) is 0 Å². The Morgan fingerprint density at radius 1 is 1.24 bits per heavy atom. The van der Waals surface area contributed by atoms with Crippen molar-refractivity contribution in [1.82, 2.24) is 0 Å². The van der Waals surface area contributed by atoms with Crippen molar-refractivity contribution in [3.63, 3.8) is 0 Å². The number of carboxylic acid groups (broad SMARTS) is 1. The topological polar surface area (TPSA) is 40.1 Å². The van der Waals surface area contributed by atoms with Crippen LogP contribution in [0.3, 0.4) is 0 Å². The van der Waals surface area contributed by atoms with Gasteiger partial charge in [0.15, 0.2) is 0 Å². The predicted octanol–water partition coefficient (Wildman–Crippen LogP) is 3.62. The molecule has 1 aliphatic rings. The Labute approximate surface area is 128 Å². The van der Waals surface area contributed by atoms with Gasteiger partial charge in [-0.2, -0.15) is 0 Å². The van der Waals surface area contributed by atoms with Gasteiger partial charge in [0.05, 0.1) is 0 Å². The molecule has 2 rings (SSSR count). The highest BCUT2D eigenvalue weighted by molar-refractivity contribution is 5.67. The van der Waals surface area contributed by atoms with Gasteiger partial charge < -0.3 is 9.90 Å². The maximum Gasteiger partial charge on any atom is 0.0445 e. The minimum absolute atomic E-state index is 0.189. The largest absolute Gasteiger partial charge is 0.550 e. The summed E-state index contributed by atoms with van der Waals surface area (Å²) in [6.45, 7) is 4.44. The Hall–Kier alpha value is -1.31. The molecule has 2 heteroatoms. The van der Waals surface area contributed by atoms with Crippen LogP contribution in [0.25, 0.3) is 0 Å². The molecule has 0 bridgehead atoms. The van der Waals surface area contributed by atoms with Gasteiger partial charge in [-0.1, -0.05) is 51.0 Å². The van der Waals surface area contributed by atoms with Crippen molar-refractivity contribution in [2.75, 3.05) is 0 Å². The number of carboxylic acids is 1. The van der Waals surface area contributed by atoms with Crippen LogP contribution in [-0.2, 0) is 16.6 Å². The summed E-state index contributed by atoms with van der Waals surface area (Å²) in [5, 5.41) is 11.1. The summed E-state index contributed by atoms with van der Waals surface area (Å²) in [6.07, 6.45) is 8.15. The monoisotopic (exact) mass is 287 g/mol. The van der Waals surface area contributed by atoms with Crippen molar-refractivity contribution in [3.05, 3.63) is 35.4 Å².